The van der Waals surface area contributed by atoms with Gasteiger partial charge in [0, 0.05) is 17.1 Å². The van der Waals surface area contributed by atoms with Gasteiger partial charge in [-0.2, -0.15) is 0 Å². The maximum absolute atomic E-state index is 13.4. The molecule has 0 saturated carbocycles. The molecule has 1 fully saturated rings. The second-order valence-electron chi connectivity index (χ2n) is 5.34. The molecule has 1 saturated heterocycles. The molecule has 5 nitrogen and oxygen atoms in total. The standard InChI is InChI=1S/C14H17BrFN3O2/c1-7-2-3-8(13(18)20)6-19(7)14(21)9-4-12(17)11(16)5-10(9)15/h4-5,7-8H,2-3,6,17H2,1H3,(H2,18,20). The van der Waals surface area contributed by atoms with Crippen molar-refractivity contribution in [1.82, 2.24) is 4.90 Å². The topological polar surface area (TPSA) is 89.4 Å². The first-order valence-electron chi connectivity index (χ1n) is 6.66. The van der Waals surface area contributed by atoms with Crippen molar-refractivity contribution in [3.05, 3.63) is 28.0 Å². The summed E-state index contributed by atoms with van der Waals surface area (Å²) in [5, 5.41) is 0. The predicted octanol–water partition coefficient (Wildman–Crippen LogP) is 1.90. The first-order chi connectivity index (χ1) is 9.81. The van der Waals surface area contributed by atoms with E-state index in [0.29, 0.717) is 17.3 Å². The van der Waals surface area contributed by atoms with E-state index in [2.05, 4.69) is 15.9 Å². The average Bonchev–Trinajstić information content (AvgIpc) is 2.42. The number of anilines is 1. The number of hydrogen-bond acceptors (Lipinski definition) is 3. The molecule has 1 aromatic rings. The molecular weight excluding hydrogens is 341 g/mol. The fraction of sp³-hybridized carbons (Fsp3) is 0.429. The zero-order valence-electron chi connectivity index (χ0n) is 11.6. The van der Waals surface area contributed by atoms with Crippen molar-refractivity contribution in [2.75, 3.05) is 12.3 Å². The molecule has 0 bridgehead atoms. The number of carbonyl (C=O) groups excluding carboxylic acids is 2. The van der Waals surface area contributed by atoms with Crippen molar-refractivity contribution in [3.63, 3.8) is 0 Å². The van der Waals surface area contributed by atoms with Gasteiger partial charge in [-0.1, -0.05) is 0 Å². The third-order valence-electron chi connectivity index (χ3n) is 3.86. The zero-order valence-corrected chi connectivity index (χ0v) is 13.2. The Balaban J connectivity index is 2.30. The van der Waals surface area contributed by atoms with Gasteiger partial charge in [-0.15, -0.1) is 0 Å². The summed E-state index contributed by atoms with van der Waals surface area (Å²) in [5.74, 6) is -1.62. The summed E-state index contributed by atoms with van der Waals surface area (Å²) in [6.07, 6.45) is 1.38. The molecule has 4 N–H and O–H groups in total. The van der Waals surface area contributed by atoms with Crippen LogP contribution in [0.3, 0.4) is 0 Å². The molecular formula is C14H17BrFN3O2. The van der Waals surface area contributed by atoms with Crippen molar-refractivity contribution < 1.29 is 14.0 Å². The van der Waals surface area contributed by atoms with E-state index in [0.717, 1.165) is 0 Å². The first kappa shape index (κ1) is 15.8. The van der Waals surface area contributed by atoms with Crippen LogP contribution < -0.4 is 11.5 Å². The predicted molar refractivity (Wildman–Crippen MR) is 80.9 cm³/mol. The summed E-state index contributed by atoms with van der Waals surface area (Å²) in [6, 6.07) is 2.47. The molecule has 1 aromatic carbocycles. The van der Waals surface area contributed by atoms with Crippen LogP contribution in [0.4, 0.5) is 10.1 Å². The maximum atomic E-state index is 13.4. The molecule has 21 heavy (non-hydrogen) atoms. The van der Waals surface area contributed by atoms with E-state index in [-0.39, 0.29) is 35.7 Å². The van der Waals surface area contributed by atoms with Crippen LogP contribution in [0.15, 0.2) is 16.6 Å². The lowest BCUT2D eigenvalue weighted by Gasteiger charge is -2.37. The Labute approximate surface area is 130 Å². The minimum absolute atomic E-state index is 0.00808. The van der Waals surface area contributed by atoms with E-state index < -0.39 is 11.7 Å². The Kier molecular flexibility index (Phi) is 4.51. The van der Waals surface area contributed by atoms with Crippen LogP contribution in [0.2, 0.25) is 0 Å². The van der Waals surface area contributed by atoms with Gasteiger partial charge in [-0.05, 0) is 47.8 Å². The van der Waals surface area contributed by atoms with E-state index in [1.165, 1.54) is 12.1 Å². The number of piperidine rings is 1. The molecule has 114 valence electrons. The number of nitrogens with zero attached hydrogens (tertiary/aromatic N) is 1. The normalized spacial score (nSPS) is 22.1. The van der Waals surface area contributed by atoms with Crippen molar-refractivity contribution in [2.24, 2.45) is 11.7 Å². The second-order valence-corrected chi connectivity index (χ2v) is 6.19. The van der Waals surface area contributed by atoms with Crippen LogP contribution >= 0.6 is 15.9 Å². The van der Waals surface area contributed by atoms with E-state index >= 15 is 0 Å². The van der Waals surface area contributed by atoms with Crippen LogP contribution in [0.1, 0.15) is 30.1 Å². The Morgan fingerprint density at radius 2 is 2.05 bits per heavy atom. The van der Waals surface area contributed by atoms with Crippen molar-refractivity contribution >= 4 is 33.4 Å². The van der Waals surface area contributed by atoms with Crippen LogP contribution in [-0.4, -0.2) is 29.3 Å². The molecule has 2 amide bonds. The summed E-state index contributed by atoms with van der Waals surface area (Å²) in [6.45, 7) is 2.19. The number of benzene rings is 1. The highest BCUT2D eigenvalue weighted by Gasteiger charge is 2.32. The number of hydrogen-bond donors (Lipinski definition) is 2. The van der Waals surface area contributed by atoms with Gasteiger partial charge < -0.3 is 16.4 Å². The van der Waals surface area contributed by atoms with Crippen LogP contribution in [0, 0.1) is 11.7 Å². The molecule has 2 rings (SSSR count). The number of nitrogen functional groups attached to an aromatic ring is 1. The number of likely N-dealkylation sites (tertiary alicyclic amines) is 1. The highest BCUT2D eigenvalue weighted by atomic mass is 79.9. The van der Waals surface area contributed by atoms with Crippen LogP contribution in [0.5, 0.6) is 0 Å². The third kappa shape index (κ3) is 3.18. The fourth-order valence-corrected chi connectivity index (χ4v) is 2.99. The van der Waals surface area contributed by atoms with Gasteiger partial charge in [-0.3, -0.25) is 9.59 Å². The Morgan fingerprint density at radius 1 is 1.38 bits per heavy atom. The van der Waals surface area contributed by atoms with Gasteiger partial charge in [0.1, 0.15) is 5.82 Å². The minimum Gasteiger partial charge on any atom is -0.396 e. The SMILES string of the molecule is CC1CCC(C(N)=O)CN1C(=O)c1cc(N)c(F)cc1Br. The number of primary amides is 1. The molecule has 0 aromatic heterocycles. The third-order valence-corrected chi connectivity index (χ3v) is 4.52. The lowest BCUT2D eigenvalue weighted by Crippen LogP contribution is -2.48. The monoisotopic (exact) mass is 357 g/mol. The number of nitrogens with two attached hydrogens (primary N) is 2. The van der Waals surface area contributed by atoms with E-state index in [1.807, 2.05) is 6.92 Å². The molecule has 1 aliphatic heterocycles. The van der Waals surface area contributed by atoms with Crippen molar-refractivity contribution in [2.45, 2.75) is 25.8 Å². The zero-order chi connectivity index (χ0) is 15.7. The molecule has 2 unspecified atom stereocenters. The summed E-state index contributed by atoms with van der Waals surface area (Å²) in [4.78, 5) is 25.6. The number of amides is 2. The molecule has 0 spiro atoms. The first-order valence-corrected chi connectivity index (χ1v) is 7.45. The number of carbonyl (C=O) groups is 2. The van der Waals surface area contributed by atoms with E-state index in [4.69, 9.17) is 11.5 Å². The summed E-state index contributed by atoms with van der Waals surface area (Å²) in [5.41, 5.74) is 11.1. The highest BCUT2D eigenvalue weighted by Crippen LogP contribution is 2.28. The van der Waals surface area contributed by atoms with Gasteiger partial charge in [0.25, 0.3) is 5.91 Å². The smallest absolute Gasteiger partial charge is 0.255 e. The fourth-order valence-electron chi connectivity index (χ4n) is 2.51. The summed E-state index contributed by atoms with van der Waals surface area (Å²) >= 11 is 3.18. The minimum atomic E-state index is -0.583. The number of halogens is 2. The van der Waals surface area contributed by atoms with E-state index in [9.17, 15) is 14.0 Å². The van der Waals surface area contributed by atoms with Gasteiger partial charge in [-0.25, -0.2) is 4.39 Å². The van der Waals surface area contributed by atoms with Crippen molar-refractivity contribution in [1.29, 1.82) is 0 Å². The quantitative estimate of drug-likeness (QED) is 0.792. The van der Waals surface area contributed by atoms with Crippen LogP contribution in [0.25, 0.3) is 0 Å². The molecule has 0 aliphatic carbocycles. The Morgan fingerprint density at radius 3 is 2.67 bits per heavy atom. The van der Waals surface area contributed by atoms with Crippen LogP contribution in [-0.2, 0) is 4.79 Å². The molecule has 1 aliphatic rings. The van der Waals surface area contributed by atoms with Gasteiger partial charge in [0.15, 0.2) is 0 Å². The number of rotatable bonds is 2. The summed E-state index contributed by atoms with van der Waals surface area (Å²) in [7, 11) is 0. The van der Waals surface area contributed by atoms with Gasteiger partial charge in [0.05, 0.1) is 17.2 Å². The molecule has 1 heterocycles. The average molecular weight is 358 g/mol. The molecule has 7 heteroatoms. The second kappa shape index (κ2) is 6.01. The maximum Gasteiger partial charge on any atom is 0.255 e. The van der Waals surface area contributed by atoms with Gasteiger partial charge in [0.2, 0.25) is 5.91 Å². The van der Waals surface area contributed by atoms with Crippen molar-refractivity contribution in [3.8, 4) is 0 Å². The molecule has 2 atom stereocenters. The Hall–Kier alpha value is -1.63. The highest BCUT2D eigenvalue weighted by molar-refractivity contribution is 9.10. The van der Waals surface area contributed by atoms with Gasteiger partial charge >= 0.3 is 0 Å². The largest absolute Gasteiger partial charge is 0.396 e. The lowest BCUT2D eigenvalue weighted by atomic mass is 9.92. The van der Waals surface area contributed by atoms with E-state index in [1.54, 1.807) is 4.90 Å². The molecule has 0 radical (unpaired) electrons. The lowest BCUT2D eigenvalue weighted by molar-refractivity contribution is -0.123. The Bertz CT molecular complexity index is 594. The summed E-state index contributed by atoms with van der Waals surface area (Å²) < 4.78 is 13.7.